The first-order valence-corrected chi connectivity index (χ1v) is 7.26. The number of nitrogens with one attached hydrogen (secondary N) is 1. The molecule has 5 heteroatoms. The minimum absolute atomic E-state index is 0.223. The summed E-state index contributed by atoms with van der Waals surface area (Å²) in [6.45, 7) is 7.94. The molecule has 0 unspecified atom stereocenters. The average Bonchev–Trinajstić information content (AvgIpc) is 2.37. The van der Waals surface area contributed by atoms with Crippen LogP contribution in [0.3, 0.4) is 0 Å². The normalized spacial score (nSPS) is 14.0. The zero-order chi connectivity index (χ0) is 16.8. The van der Waals surface area contributed by atoms with E-state index >= 15 is 0 Å². The molecule has 2 atom stereocenters. The van der Waals surface area contributed by atoms with Crippen LogP contribution in [0.1, 0.15) is 33.3 Å². The van der Waals surface area contributed by atoms with Crippen molar-refractivity contribution in [1.29, 1.82) is 5.26 Å². The number of benzene rings is 1. The first-order chi connectivity index (χ1) is 10.2. The molecule has 0 fully saturated rings. The molecule has 0 aromatic heterocycles. The number of hydrogen-bond donors (Lipinski definition) is 1. The summed E-state index contributed by atoms with van der Waals surface area (Å²) in [6.07, 6.45) is 0. The highest BCUT2D eigenvalue weighted by atomic mass is 19.1. The Morgan fingerprint density at radius 1 is 1.45 bits per heavy atom. The van der Waals surface area contributed by atoms with Gasteiger partial charge in [-0.1, -0.05) is 32.9 Å². The predicted molar refractivity (Wildman–Crippen MR) is 82.2 cm³/mol. The topological polar surface area (TPSA) is 62.1 Å². The Labute approximate surface area is 131 Å². The lowest BCUT2D eigenvalue weighted by Crippen LogP contribution is -2.43. The Balaban J connectivity index is 2.42. The molecule has 0 radical (unpaired) electrons. The third-order valence-corrected chi connectivity index (χ3v) is 3.17. The average molecular weight is 306 g/mol. The molecule has 22 heavy (non-hydrogen) atoms. The number of halogens is 1. The molecule has 0 bridgehead atoms. The lowest BCUT2D eigenvalue weighted by Gasteiger charge is -2.25. The zero-order valence-electron chi connectivity index (χ0n) is 13.5. The monoisotopic (exact) mass is 306 g/mol. The number of hydrogen-bond acceptors (Lipinski definition) is 3. The second-order valence-electron chi connectivity index (χ2n) is 6.48. The van der Waals surface area contributed by atoms with Gasteiger partial charge in [0.1, 0.15) is 11.7 Å². The van der Waals surface area contributed by atoms with Gasteiger partial charge in [-0.2, -0.15) is 5.26 Å². The highest BCUT2D eigenvalue weighted by Gasteiger charge is 2.31. The number of nitrogens with zero attached hydrogens (tertiary/aromatic N) is 1. The molecular weight excluding hydrogens is 283 g/mol. The van der Waals surface area contributed by atoms with Gasteiger partial charge in [-0.15, -0.1) is 0 Å². The number of amides is 1. The van der Waals surface area contributed by atoms with Gasteiger partial charge in [0.15, 0.2) is 0 Å². The Kier molecular flexibility index (Phi) is 6.51. The van der Waals surface area contributed by atoms with Gasteiger partial charge in [-0.3, -0.25) is 4.79 Å². The third kappa shape index (κ3) is 5.82. The van der Waals surface area contributed by atoms with Crippen molar-refractivity contribution in [2.45, 2.75) is 40.3 Å². The number of carbonyl (C=O) groups is 1. The minimum atomic E-state index is -0.710. The lowest BCUT2D eigenvalue weighted by molar-refractivity contribution is -0.127. The van der Waals surface area contributed by atoms with Gasteiger partial charge >= 0.3 is 0 Å². The maximum Gasteiger partial charge on any atom is 0.238 e. The first kappa shape index (κ1) is 18.1. The number of nitriles is 1. The third-order valence-electron chi connectivity index (χ3n) is 3.17. The van der Waals surface area contributed by atoms with Crippen molar-refractivity contribution in [2.24, 2.45) is 11.3 Å². The summed E-state index contributed by atoms with van der Waals surface area (Å²) in [4.78, 5) is 12.1. The number of carbonyl (C=O) groups excluding carboxylic acids is 1. The Morgan fingerprint density at radius 3 is 2.68 bits per heavy atom. The van der Waals surface area contributed by atoms with Crippen LogP contribution in [0.25, 0.3) is 0 Å². The van der Waals surface area contributed by atoms with E-state index in [1.165, 1.54) is 12.1 Å². The first-order valence-electron chi connectivity index (χ1n) is 7.26. The van der Waals surface area contributed by atoms with E-state index in [0.29, 0.717) is 6.61 Å². The highest BCUT2D eigenvalue weighted by Crippen LogP contribution is 2.25. The van der Waals surface area contributed by atoms with Crippen molar-refractivity contribution < 1.29 is 13.9 Å². The molecule has 1 aromatic rings. The van der Waals surface area contributed by atoms with Gasteiger partial charge in [-0.05, 0) is 30.0 Å². The summed E-state index contributed by atoms with van der Waals surface area (Å²) in [5, 5.41) is 11.9. The van der Waals surface area contributed by atoms with Crippen molar-refractivity contribution in [3.63, 3.8) is 0 Å². The molecule has 0 aliphatic rings. The molecule has 1 amide bonds. The summed E-state index contributed by atoms with van der Waals surface area (Å²) in [5.41, 5.74) is 0.323. The van der Waals surface area contributed by atoms with Crippen LogP contribution < -0.4 is 5.32 Å². The van der Waals surface area contributed by atoms with E-state index in [1.807, 2.05) is 26.8 Å². The summed E-state index contributed by atoms with van der Waals surface area (Å²) in [6, 6.07) is 8.01. The Morgan fingerprint density at radius 2 is 2.14 bits per heavy atom. The maximum atomic E-state index is 13.0. The number of ether oxygens (including phenoxy) is 1. The van der Waals surface area contributed by atoms with Crippen LogP contribution in [0, 0.1) is 28.5 Å². The van der Waals surface area contributed by atoms with Crippen molar-refractivity contribution in [3.05, 3.63) is 35.6 Å². The van der Waals surface area contributed by atoms with Crippen LogP contribution in [-0.2, 0) is 16.1 Å². The fourth-order valence-corrected chi connectivity index (χ4v) is 1.99. The van der Waals surface area contributed by atoms with E-state index in [9.17, 15) is 9.18 Å². The van der Waals surface area contributed by atoms with E-state index in [4.69, 9.17) is 10.00 Å². The van der Waals surface area contributed by atoms with Crippen LogP contribution >= 0.6 is 0 Å². The van der Waals surface area contributed by atoms with Crippen LogP contribution in [0.5, 0.6) is 0 Å². The van der Waals surface area contributed by atoms with E-state index < -0.39 is 11.3 Å². The fraction of sp³-hybridized carbons (Fsp3) is 0.529. The highest BCUT2D eigenvalue weighted by molar-refractivity contribution is 5.82. The molecule has 0 aliphatic carbocycles. The molecule has 0 heterocycles. The van der Waals surface area contributed by atoms with Gasteiger partial charge < -0.3 is 10.1 Å². The quantitative estimate of drug-likeness (QED) is 0.878. The summed E-state index contributed by atoms with van der Waals surface area (Å²) in [7, 11) is 0. The van der Waals surface area contributed by atoms with Crippen molar-refractivity contribution in [2.75, 3.05) is 6.61 Å². The molecule has 4 nitrogen and oxygen atoms in total. The van der Waals surface area contributed by atoms with Gasteiger partial charge in [-0.25, -0.2) is 4.39 Å². The molecule has 0 saturated heterocycles. The molecular formula is C17H23FN2O2. The lowest BCUT2D eigenvalue weighted by atomic mass is 9.81. The maximum absolute atomic E-state index is 13.0. The largest absolute Gasteiger partial charge is 0.375 e. The van der Waals surface area contributed by atoms with Gasteiger partial charge in [0, 0.05) is 6.04 Å². The fourth-order valence-electron chi connectivity index (χ4n) is 1.99. The predicted octanol–water partition coefficient (Wildman–Crippen LogP) is 3.03. The Hall–Kier alpha value is -1.93. The van der Waals surface area contributed by atoms with E-state index in [1.54, 1.807) is 19.1 Å². The SMILES string of the molecule is C[C@@H](COCc1cccc(F)c1)NC(=O)[C@@H](C#N)C(C)(C)C. The van der Waals surface area contributed by atoms with Crippen molar-refractivity contribution in [3.8, 4) is 6.07 Å². The van der Waals surface area contributed by atoms with Gasteiger partial charge in [0.25, 0.3) is 0 Å². The van der Waals surface area contributed by atoms with Crippen LogP contribution in [0.4, 0.5) is 4.39 Å². The Bertz CT molecular complexity index is 546. The molecule has 0 spiro atoms. The molecule has 0 saturated carbocycles. The van der Waals surface area contributed by atoms with Crippen molar-refractivity contribution in [1.82, 2.24) is 5.32 Å². The second-order valence-corrected chi connectivity index (χ2v) is 6.48. The molecule has 1 N–H and O–H groups in total. The summed E-state index contributed by atoms with van der Waals surface area (Å²) < 4.78 is 18.5. The van der Waals surface area contributed by atoms with Crippen LogP contribution in [-0.4, -0.2) is 18.6 Å². The standard InChI is InChI=1S/C17H23FN2O2/c1-12(20-16(21)15(9-19)17(2,3)4)10-22-11-13-6-5-7-14(18)8-13/h5-8,12,15H,10-11H2,1-4H3,(H,20,21)/t12-,15+/m0/s1. The molecule has 0 aliphatic heterocycles. The van der Waals surface area contributed by atoms with Crippen molar-refractivity contribution >= 4 is 5.91 Å². The van der Waals surface area contributed by atoms with Gasteiger partial charge in [0.2, 0.25) is 5.91 Å². The van der Waals surface area contributed by atoms with Crippen LogP contribution in [0.2, 0.25) is 0 Å². The smallest absolute Gasteiger partial charge is 0.238 e. The molecule has 1 aromatic carbocycles. The van der Waals surface area contributed by atoms with E-state index in [2.05, 4.69) is 5.32 Å². The van der Waals surface area contributed by atoms with Crippen LogP contribution in [0.15, 0.2) is 24.3 Å². The molecule has 120 valence electrons. The summed E-state index contributed by atoms with van der Waals surface area (Å²) >= 11 is 0. The zero-order valence-corrected chi connectivity index (χ0v) is 13.5. The second kappa shape index (κ2) is 7.90. The van der Waals surface area contributed by atoms with Gasteiger partial charge in [0.05, 0.1) is 19.3 Å². The van der Waals surface area contributed by atoms with E-state index in [0.717, 1.165) is 5.56 Å². The number of rotatable bonds is 6. The summed E-state index contributed by atoms with van der Waals surface area (Å²) in [5.74, 6) is -1.31. The van der Waals surface area contributed by atoms with E-state index in [-0.39, 0.29) is 24.4 Å². The minimum Gasteiger partial charge on any atom is -0.375 e. The molecule has 1 rings (SSSR count).